The van der Waals surface area contributed by atoms with Crippen molar-refractivity contribution in [1.82, 2.24) is 0 Å². The summed E-state index contributed by atoms with van der Waals surface area (Å²) in [5.74, 6) is 0.738. The van der Waals surface area contributed by atoms with E-state index in [1.807, 2.05) is 0 Å². The van der Waals surface area contributed by atoms with Crippen LogP contribution in [0.2, 0.25) is 0 Å². The van der Waals surface area contributed by atoms with Crippen molar-refractivity contribution in [2.45, 2.75) is 33.6 Å². The van der Waals surface area contributed by atoms with Crippen molar-refractivity contribution in [1.29, 1.82) is 0 Å². The van der Waals surface area contributed by atoms with E-state index < -0.39 is 0 Å². The van der Waals surface area contributed by atoms with Crippen LogP contribution in [0.25, 0.3) is 0 Å². The molecular formula is C13H20BrN. The van der Waals surface area contributed by atoms with Gasteiger partial charge in [0.05, 0.1) is 0 Å². The number of benzene rings is 1. The first-order valence-electron chi connectivity index (χ1n) is 5.63. The lowest BCUT2D eigenvalue weighted by Gasteiger charge is -2.14. The van der Waals surface area contributed by atoms with Crippen LogP contribution in [0, 0.1) is 12.8 Å². The summed E-state index contributed by atoms with van der Waals surface area (Å²) in [5, 5.41) is 3.49. The second-order valence-electron chi connectivity index (χ2n) is 4.26. The monoisotopic (exact) mass is 269 g/mol. The van der Waals surface area contributed by atoms with E-state index in [1.165, 1.54) is 24.1 Å². The van der Waals surface area contributed by atoms with E-state index in [0.717, 1.165) is 16.9 Å². The summed E-state index contributed by atoms with van der Waals surface area (Å²) in [4.78, 5) is 0. The highest BCUT2D eigenvalue weighted by Crippen LogP contribution is 2.23. The van der Waals surface area contributed by atoms with Crippen molar-refractivity contribution < 1.29 is 0 Å². The van der Waals surface area contributed by atoms with Gasteiger partial charge in [-0.05, 0) is 52.9 Å². The van der Waals surface area contributed by atoms with Crippen molar-refractivity contribution in [3.05, 3.63) is 28.2 Å². The SMILES string of the molecule is CCCC(C)CNc1cc(C)ccc1Br. The number of hydrogen-bond donors (Lipinski definition) is 1. The highest BCUT2D eigenvalue weighted by molar-refractivity contribution is 9.10. The van der Waals surface area contributed by atoms with Crippen molar-refractivity contribution in [2.24, 2.45) is 5.92 Å². The summed E-state index contributed by atoms with van der Waals surface area (Å²) in [5.41, 5.74) is 2.50. The molecule has 0 saturated carbocycles. The number of halogens is 1. The summed E-state index contributed by atoms with van der Waals surface area (Å²) in [7, 11) is 0. The van der Waals surface area contributed by atoms with Gasteiger partial charge < -0.3 is 5.32 Å². The van der Waals surface area contributed by atoms with E-state index in [0.29, 0.717) is 0 Å². The first kappa shape index (κ1) is 12.6. The zero-order valence-electron chi connectivity index (χ0n) is 9.81. The first-order valence-corrected chi connectivity index (χ1v) is 6.42. The molecule has 0 aromatic heterocycles. The molecule has 0 radical (unpaired) electrons. The zero-order valence-corrected chi connectivity index (χ0v) is 11.4. The second kappa shape index (κ2) is 6.16. The fourth-order valence-corrected chi connectivity index (χ4v) is 2.04. The Balaban J connectivity index is 2.53. The van der Waals surface area contributed by atoms with E-state index in [9.17, 15) is 0 Å². The molecule has 1 nitrogen and oxygen atoms in total. The molecule has 1 unspecified atom stereocenters. The number of anilines is 1. The maximum Gasteiger partial charge on any atom is 0.0487 e. The van der Waals surface area contributed by atoms with Gasteiger partial charge in [-0.2, -0.15) is 0 Å². The number of rotatable bonds is 5. The summed E-state index contributed by atoms with van der Waals surface area (Å²) >= 11 is 3.56. The van der Waals surface area contributed by atoms with Gasteiger partial charge >= 0.3 is 0 Å². The summed E-state index contributed by atoms with van der Waals surface area (Å²) in [6.45, 7) is 7.70. The minimum absolute atomic E-state index is 0.738. The van der Waals surface area contributed by atoms with Gasteiger partial charge in [0.2, 0.25) is 0 Å². The molecule has 2 heteroatoms. The average Bonchev–Trinajstić information content (AvgIpc) is 2.20. The molecule has 1 N–H and O–H groups in total. The molecule has 0 aliphatic carbocycles. The molecule has 0 bridgehead atoms. The van der Waals surface area contributed by atoms with Crippen LogP contribution in [0.5, 0.6) is 0 Å². The molecule has 0 amide bonds. The number of aryl methyl sites for hydroxylation is 1. The molecule has 0 spiro atoms. The molecule has 0 aliphatic rings. The Kier molecular flexibility index (Phi) is 5.16. The molecule has 1 rings (SSSR count). The lowest BCUT2D eigenvalue weighted by molar-refractivity contribution is 0.550. The topological polar surface area (TPSA) is 12.0 Å². The van der Waals surface area contributed by atoms with E-state index >= 15 is 0 Å². The zero-order chi connectivity index (χ0) is 11.3. The average molecular weight is 270 g/mol. The summed E-state index contributed by atoms with van der Waals surface area (Å²) in [6.07, 6.45) is 2.55. The molecule has 1 atom stereocenters. The molecule has 0 fully saturated rings. The quantitative estimate of drug-likeness (QED) is 0.824. The molecule has 1 aromatic carbocycles. The smallest absolute Gasteiger partial charge is 0.0487 e. The molecule has 1 aromatic rings. The highest BCUT2D eigenvalue weighted by atomic mass is 79.9. The second-order valence-corrected chi connectivity index (χ2v) is 5.11. The van der Waals surface area contributed by atoms with Gasteiger partial charge in [-0.3, -0.25) is 0 Å². The Hall–Kier alpha value is -0.500. The van der Waals surface area contributed by atoms with Crippen molar-refractivity contribution >= 4 is 21.6 Å². The highest BCUT2D eigenvalue weighted by Gasteiger charge is 2.03. The minimum Gasteiger partial charge on any atom is -0.384 e. The first-order chi connectivity index (χ1) is 7.13. The minimum atomic E-state index is 0.738. The summed E-state index contributed by atoms with van der Waals surface area (Å²) < 4.78 is 1.15. The third kappa shape index (κ3) is 4.25. The molecular weight excluding hydrogens is 250 g/mol. The van der Waals surface area contributed by atoms with Crippen LogP contribution in [0.1, 0.15) is 32.3 Å². The van der Waals surface area contributed by atoms with Crippen molar-refractivity contribution in [3.8, 4) is 0 Å². The third-order valence-electron chi connectivity index (χ3n) is 2.54. The van der Waals surface area contributed by atoms with Gasteiger partial charge in [-0.25, -0.2) is 0 Å². The Morgan fingerprint density at radius 3 is 2.80 bits per heavy atom. The standard InChI is InChI=1S/C13H20BrN/c1-4-5-11(3)9-15-13-8-10(2)6-7-12(13)14/h6-8,11,15H,4-5,9H2,1-3H3. The predicted molar refractivity (Wildman–Crippen MR) is 71.4 cm³/mol. The lowest BCUT2D eigenvalue weighted by Crippen LogP contribution is -2.11. The van der Waals surface area contributed by atoms with E-state index in [2.05, 4.69) is 60.2 Å². The maximum atomic E-state index is 3.56. The van der Waals surface area contributed by atoms with Crippen LogP contribution in [0.15, 0.2) is 22.7 Å². The molecule has 0 saturated heterocycles. The van der Waals surface area contributed by atoms with E-state index in [4.69, 9.17) is 0 Å². The summed E-state index contributed by atoms with van der Waals surface area (Å²) in [6, 6.07) is 6.40. The van der Waals surface area contributed by atoms with Gasteiger partial charge in [0.25, 0.3) is 0 Å². The van der Waals surface area contributed by atoms with Gasteiger partial charge in [0, 0.05) is 16.7 Å². The molecule has 0 heterocycles. The fourth-order valence-electron chi connectivity index (χ4n) is 1.65. The Morgan fingerprint density at radius 1 is 1.40 bits per heavy atom. The Morgan fingerprint density at radius 2 is 2.13 bits per heavy atom. The number of nitrogens with one attached hydrogen (secondary N) is 1. The molecule has 0 aliphatic heterocycles. The van der Waals surface area contributed by atoms with Crippen molar-refractivity contribution in [3.63, 3.8) is 0 Å². The largest absolute Gasteiger partial charge is 0.384 e. The molecule has 15 heavy (non-hydrogen) atoms. The van der Waals surface area contributed by atoms with Gasteiger partial charge in [0.1, 0.15) is 0 Å². The Bertz CT molecular complexity index is 309. The Labute approximate surface area is 101 Å². The van der Waals surface area contributed by atoms with E-state index in [1.54, 1.807) is 0 Å². The van der Waals surface area contributed by atoms with Crippen LogP contribution in [0.4, 0.5) is 5.69 Å². The lowest BCUT2D eigenvalue weighted by atomic mass is 10.1. The third-order valence-corrected chi connectivity index (χ3v) is 3.24. The molecule has 84 valence electrons. The maximum absolute atomic E-state index is 3.56. The fraction of sp³-hybridized carbons (Fsp3) is 0.538. The van der Waals surface area contributed by atoms with Crippen LogP contribution in [-0.4, -0.2) is 6.54 Å². The van der Waals surface area contributed by atoms with Crippen LogP contribution in [-0.2, 0) is 0 Å². The normalized spacial score (nSPS) is 12.5. The van der Waals surface area contributed by atoms with Crippen LogP contribution < -0.4 is 5.32 Å². The number of hydrogen-bond acceptors (Lipinski definition) is 1. The van der Waals surface area contributed by atoms with Crippen molar-refractivity contribution in [2.75, 3.05) is 11.9 Å². The van der Waals surface area contributed by atoms with Gasteiger partial charge in [-0.15, -0.1) is 0 Å². The van der Waals surface area contributed by atoms with Crippen LogP contribution >= 0.6 is 15.9 Å². The van der Waals surface area contributed by atoms with Crippen LogP contribution in [0.3, 0.4) is 0 Å². The van der Waals surface area contributed by atoms with E-state index in [-0.39, 0.29) is 0 Å². The predicted octanol–water partition coefficient (Wildman–Crippen LogP) is 4.61. The van der Waals surface area contributed by atoms with Gasteiger partial charge in [-0.1, -0.05) is 26.3 Å². The van der Waals surface area contributed by atoms with Gasteiger partial charge in [0.15, 0.2) is 0 Å².